The van der Waals surface area contributed by atoms with Gasteiger partial charge in [0, 0.05) is 43.7 Å². The van der Waals surface area contributed by atoms with E-state index in [1.807, 2.05) is 12.1 Å². The number of hydrogen-bond donors (Lipinski definition) is 1. The van der Waals surface area contributed by atoms with Crippen LogP contribution in [0.25, 0.3) is 11.3 Å². The van der Waals surface area contributed by atoms with Crippen molar-refractivity contribution < 1.29 is 8.42 Å². The fourth-order valence-electron chi connectivity index (χ4n) is 3.38. The number of hydrogen-bond acceptors (Lipinski definition) is 6. The summed E-state index contributed by atoms with van der Waals surface area (Å²) in [6, 6.07) is 5.14. The van der Waals surface area contributed by atoms with E-state index in [9.17, 15) is 13.2 Å². The molecule has 1 fully saturated rings. The van der Waals surface area contributed by atoms with E-state index in [0.717, 1.165) is 5.56 Å². The zero-order chi connectivity index (χ0) is 19.6. The van der Waals surface area contributed by atoms with E-state index in [2.05, 4.69) is 19.9 Å². The highest BCUT2D eigenvalue weighted by atomic mass is 32.2. The molecule has 0 spiro atoms. The van der Waals surface area contributed by atoms with Gasteiger partial charge in [0.25, 0.3) is 15.6 Å². The van der Waals surface area contributed by atoms with E-state index in [1.165, 1.54) is 22.9 Å². The van der Waals surface area contributed by atoms with Crippen LogP contribution in [0.1, 0.15) is 12.8 Å². The van der Waals surface area contributed by atoms with Gasteiger partial charge >= 0.3 is 0 Å². The van der Waals surface area contributed by atoms with Crippen LogP contribution in [0.4, 0.5) is 0 Å². The maximum absolute atomic E-state index is 12.5. The van der Waals surface area contributed by atoms with Gasteiger partial charge in [-0.25, -0.2) is 18.4 Å². The third-order valence-electron chi connectivity index (χ3n) is 4.97. The molecule has 28 heavy (non-hydrogen) atoms. The second kappa shape index (κ2) is 7.64. The largest absolute Gasteiger partial charge is 0.335 e. The SMILES string of the molecule is O=c1cc(-c2ccncc2)ncn1CC1CCN(S(=O)(=O)c2cnc[nH]2)CC1. The molecule has 4 heterocycles. The van der Waals surface area contributed by atoms with Crippen molar-refractivity contribution >= 4 is 10.0 Å². The summed E-state index contributed by atoms with van der Waals surface area (Å²) < 4.78 is 28.1. The van der Waals surface area contributed by atoms with Gasteiger partial charge < -0.3 is 4.98 Å². The van der Waals surface area contributed by atoms with Gasteiger partial charge in [-0.1, -0.05) is 0 Å². The lowest BCUT2D eigenvalue weighted by atomic mass is 9.98. The highest BCUT2D eigenvalue weighted by Crippen LogP contribution is 2.23. The lowest BCUT2D eigenvalue weighted by Crippen LogP contribution is -2.40. The highest BCUT2D eigenvalue weighted by molar-refractivity contribution is 7.89. The summed E-state index contributed by atoms with van der Waals surface area (Å²) in [6.07, 6.45) is 8.93. The summed E-state index contributed by atoms with van der Waals surface area (Å²) >= 11 is 0. The first-order valence-corrected chi connectivity index (χ1v) is 10.4. The zero-order valence-electron chi connectivity index (χ0n) is 15.1. The Hall–Kier alpha value is -2.85. The van der Waals surface area contributed by atoms with Crippen LogP contribution in [0.3, 0.4) is 0 Å². The molecule has 9 nitrogen and oxygen atoms in total. The molecular formula is C18H20N6O3S. The predicted molar refractivity (Wildman–Crippen MR) is 102 cm³/mol. The normalized spacial score (nSPS) is 16.3. The topological polar surface area (TPSA) is 114 Å². The molecule has 0 amide bonds. The summed E-state index contributed by atoms with van der Waals surface area (Å²) in [4.78, 5) is 27.2. The quantitative estimate of drug-likeness (QED) is 0.687. The first-order valence-electron chi connectivity index (χ1n) is 8.99. The lowest BCUT2D eigenvalue weighted by molar-refractivity contribution is 0.250. The fourth-order valence-corrected chi connectivity index (χ4v) is 4.74. The minimum absolute atomic E-state index is 0.109. The van der Waals surface area contributed by atoms with Gasteiger partial charge in [-0.15, -0.1) is 0 Å². The number of H-pyrrole nitrogens is 1. The number of pyridine rings is 1. The maximum Gasteiger partial charge on any atom is 0.260 e. The fraction of sp³-hybridized carbons (Fsp3) is 0.333. The van der Waals surface area contributed by atoms with Gasteiger partial charge in [0.1, 0.15) is 0 Å². The number of rotatable bonds is 5. The number of piperidine rings is 1. The van der Waals surface area contributed by atoms with Crippen molar-refractivity contribution in [2.24, 2.45) is 5.92 Å². The summed E-state index contributed by atoms with van der Waals surface area (Å²) in [5.41, 5.74) is 1.34. The summed E-state index contributed by atoms with van der Waals surface area (Å²) in [7, 11) is -3.53. The molecule has 1 aliphatic heterocycles. The van der Waals surface area contributed by atoms with E-state index in [-0.39, 0.29) is 16.5 Å². The number of nitrogens with one attached hydrogen (secondary N) is 1. The van der Waals surface area contributed by atoms with E-state index in [1.54, 1.807) is 23.3 Å². The van der Waals surface area contributed by atoms with Crippen LogP contribution in [-0.4, -0.2) is 50.3 Å². The van der Waals surface area contributed by atoms with Gasteiger partial charge in [0.15, 0.2) is 5.03 Å². The van der Waals surface area contributed by atoms with E-state index in [4.69, 9.17) is 0 Å². The average Bonchev–Trinajstić information content (AvgIpc) is 3.26. The Bertz CT molecular complexity index is 1090. The van der Waals surface area contributed by atoms with Crippen LogP contribution in [-0.2, 0) is 16.6 Å². The lowest BCUT2D eigenvalue weighted by Gasteiger charge is -2.30. The second-order valence-corrected chi connectivity index (χ2v) is 8.67. The monoisotopic (exact) mass is 400 g/mol. The van der Waals surface area contributed by atoms with Crippen molar-refractivity contribution in [2.45, 2.75) is 24.4 Å². The molecular weight excluding hydrogens is 380 g/mol. The molecule has 146 valence electrons. The first kappa shape index (κ1) is 18.5. The Labute approximate surface area is 162 Å². The Kier molecular flexibility index (Phi) is 5.05. The molecule has 0 aliphatic carbocycles. The highest BCUT2D eigenvalue weighted by Gasteiger charge is 2.30. The Morgan fingerprint density at radius 2 is 1.89 bits per heavy atom. The van der Waals surface area contributed by atoms with Gasteiger partial charge in [0.2, 0.25) is 0 Å². The molecule has 0 bridgehead atoms. The molecule has 4 rings (SSSR count). The molecule has 0 unspecified atom stereocenters. The third kappa shape index (κ3) is 3.73. The minimum atomic E-state index is -3.53. The van der Waals surface area contributed by atoms with Crippen LogP contribution >= 0.6 is 0 Å². The van der Waals surface area contributed by atoms with Crippen molar-refractivity contribution in [1.29, 1.82) is 0 Å². The maximum atomic E-state index is 12.5. The number of nitrogens with zero attached hydrogens (tertiary/aromatic N) is 5. The Balaban J connectivity index is 1.41. The molecule has 0 saturated carbocycles. The van der Waals surface area contributed by atoms with Gasteiger partial charge in [-0.05, 0) is 30.9 Å². The Morgan fingerprint density at radius 1 is 1.14 bits per heavy atom. The Morgan fingerprint density at radius 3 is 2.54 bits per heavy atom. The molecule has 10 heteroatoms. The molecule has 3 aromatic heterocycles. The van der Waals surface area contributed by atoms with E-state index < -0.39 is 10.0 Å². The van der Waals surface area contributed by atoms with Crippen molar-refractivity contribution in [1.82, 2.24) is 28.8 Å². The molecule has 0 aromatic carbocycles. The molecule has 0 atom stereocenters. The summed E-state index contributed by atoms with van der Waals surface area (Å²) in [6.45, 7) is 1.37. The second-order valence-electron chi connectivity index (χ2n) is 6.76. The van der Waals surface area contributed by atoms with Crippen LogP contribution in [0.2, 0.25) is 0 Å². The third-order valence-corrected chi connectivity index (χ3v) is 6.80. The average molecular weight is 400 g/mol. The van der Waals surface area contributed by atoms with Crippen molar-refractivity contribution in [2.75, 3.05) is 13.1 Å². The van der Waals surface area contributed by atoms with Crippen LogP contribution in [0, 0.1) is 5.92 Å². The zero-order valence-corrected chi connectivity index (χ0v) is 15.9. The predicted octanol–water partition coefficient (Wildman–Crippen LogP) is 1.13. The first-order chi connectivity index (χ1) is 13.5. The smallest absolute Gasteiger partial charge is 0.260 e. The molecule has 1 aliphatic rings. The van der Waals surface area contributed by atoms with Crippen molar-refractivity contribution in [3.8, 4) is 11.3 Å². The van der Waals surface area contributed by atoms with Crippen molar-refractivity contribution in [3.63, 3.8) is 0 Å². The van der Waals surface area contributed by atoms with Gasteiger partial charge in [-0.2, -0.15) is 4.31 Å². The number of aromatic amines is 1. The molecule has 3 aromatic rings. The summed E-state index contributed by atoms with van der Waals surface area (Å²) in [5.74, 6) is 0.222. The van der Waals surface area contributed by atoms with Crippen LogP contribution in [0.15, 0.2) is 59.3 Å². The number of imidazole rings is 1. The minimum Gasteiger partial charge on any atom is -0.335 e. The van der Waals surface area contributed by atoms with E-state index >= 15 is 0 Å². The van der Waals surface area contributed by atoms with Gasteiger partial charge in [0.05, 0.1) is 24.5 Å². The van der Waals surface area contributed by atoms with Gasteiger partial charge in [-0.3, -0.25) is 14.3 Å². The number of sulfonamides is 1. The standard InChI is InChI=1S/C18H20N6O3S/c25-18-9-16(15-1-5-19-6-2-15)22-13-23(18)11-14-3-7-24(8-4-14)28(26,27)17-10-20-12-21-17/h1-2,5-6,9-10,12-14H,3-4,7-8,11H2,(H,20,21). The summed E-state index contributed by atoms with van der Waals surface area (Å²) in [5, 5.41) is 0.109. The van der Waals surface area contributed by atoms with Crippen LogP contribution in [0.5, 0.6) is 0 Å². The molecule has 1 saturated heterocycles. The molecule has 1 N–H and O–H groups in total. The number of aromatic nitrogens is 5. The van der Waals surface area contributed by atoms with E-state index in [0.29, 0.717) is 38.2 Å². The molecule has 0 radical (unpaired) electrons. The van der Waals surface area contributed by atoms with Crippen molar-refractivity contribution in [3.05, 3.63) is 59.8 Å². The van der Waals surface area contributed by atoms with Crippen LogP contribution < -0.4 is 5.56 Å².